The van der Waals surface area contributed by atoms with Crippen LogP contribution in [-0.2, 0) is 0 Å². The van der Waals surface area contributed by atoms with E-state index in [4.69, 9.17) is 4.74 Å². The fourth-order valence-corrected chi connectivity index (χ4v) is 2.14. The van der Waals surface area contributed by atoms with E-state index >= 15 is 0 Å². The van der Waals surface area contributed by atoms with Crippen LogP contribution in [0.2, 0.25) is 0 Å². The Morgan fingerprint density at radius 2 is 1.94 bits per heavy atom. The van der Waals surface area contributed by atoms with Gasteiger partial charge in [-0.05, 0) is 31.4 Å². The molecule has 0 saturated carbocycles. The summed E-state index contributed by atoms with van der Waals surface area (Å²) in [6.07, 6.45) is 3.74. The summed E-state index contributed by atoms with van der Waals surface area (Å²) in [5.74, 6) is -0.778. The van der Waals surface area contributed by atoms with Crippen molar-refractivity contribution in [3.05, 3.63) is 29.8 Å². The molecule has 92 valence electrons. The van der Waals surface area contributed by atoms with Crippen molar-refractivity contribution in [2.45, 2.75) is 19.3 Å². The van der Waals surface area contributed by atoms with Crippen LogP contribution in [0, 0.1) is 0 Å². The Balaban J connectivity index is 1.96. The molecule has 0 unspecified atom stereocenters. The number of rotatable bonds is 4. The molecule has 4 heteroatoms. The van der Waals surface area contributed by atoms with E-state index in [0.717, 1.165) is 13.1 Å². The maximum absolute atomic E-state index is 10.9. The van der Waals surface area contributed by atoms with Crippen LogP contribution in [0.1, 0.15) is 29.6 Å². The van der Waals surface area contributed by atoms with E-state index in [0.29, 0.717) is 12.5 Å². The van der Waals surface area contributed by atoms with Crippen LogP contribution in [-0.4, -0.2) is 25.8 Å². The van der Waals surface area contributed by atoms with Crippen LogP contribution < -0.4 is 14.7 Å². The average Bonchev–Trinajstić information content (AvgIpc) is 2.38. The molecule has 0 aromatic heterocycles. The van der Waals surface area contributed by atoms with E-state index in [2.05, 4.69) is 0 Å². The Morgan fingerprint density at radius 3 is 2.65 bits per heavy atom. The third-order valence-corrected chi connectivity index (χ3v) is 3.10. The first-order chi connectivity index (χ1) is 8.27. The lowest BCUT2D eigenvalue weighted by Crippen LogP contribution is -3.13. The highest BCUT2D eigenvalue weighted by atomic mass is 16.5. The largest absolute Gasteiger partial charge is 0.545 e. The number of quaternary nitrogens is 1. The molecule has 1 saturated heterocycles. The summed E-state index contributed by atoms with van der Waals surface area (Å²) in [5, 5.41) is 10.9. The summed E-state index contributed by atoms with van der Waals surface area (Å²) < 4.78 is 5.58. The van der Waals surface area contributed by atoms with Gasteiger partial charge in [0, 0.05) is 5.56 Å². The monoisotopic (exact) mass is 235 g/mol. The van der Waals surface area contributed by atoms with Crippen molar-refractivity contribution in [1.82, 2.24) is 0 Å². The van der Waals surface area contributed by atoms with Gasteiger partial charge in [-0.3, -0.25) is 0 Å². The van der Waals surface area contributed by atoms with E-state index in [1.54, 1.807) is 18.2 Å². The zero-order valence-corrected chi connectivity index (χ0v) is 9.78. The molecule has 0 spiro atoms. The van der Waals surface area contributed by atoms with E-state index in [-0.39, 0.29) is 5.56 Å². The molecule has 4 nitrogen and oxygen atoms in total. The fraction of sp³-hybridized carbons (Fsp3) is 0.462. The number of likely N-dealkylation sites (tertiary alicyclic amines) is 1. The molecule has 1 N–H and O–H groups in total. The Kier molecular flexibility index (Phi) is 3.98. The number of carbonyl (C=O) groups is 1. The topological polar surface area (TPSA) is 53.8 Å². The van der Waals surface area contributed by atoms with Crippen LogP contribution in [0.25, 0.3) is 0 Å². The van der Waals surface area contributed by atoms with Crippen LogP contribution >= 0.6 is 0 Å². The molecule has 1 aliphatic heterocycles. The SMILES string of the molecule is O=C([O-])c1ccccc1OC[NH+]1CCCCC1. The Labute approximate surface area is 101 Å². The number of aromatic carboxylic acids is 1. The van der Waals surface area contributed by atoms with Crippen molar-refractivity contribution in [2.24, 2.45) is 0 Å². The van der Waals surface area contributed by atoms with Crippen LogP contribution in [0.15, 0.2) is 24.3 Å². The molecular formula is C13H17NO3. The minimum absolute atomic E-state index is 0.129. The zero-order chi connectivity index (χ0) is 12.1. The number of nitrogens with one attached hydrogen (secondary N) is 1. The van der Waals surface area contributed by atoms with Crippen molar-refractivity contribution in [1.29, 1.82) is 0 Å². The van der Waals surface area contributed by atoms with Gasteiger partial charge >= 0.3 is 0 Å². The molecule has 1 aromatic rings. The number of ether oxygens (including phenoxy) is 1. The number of carboxylic acid groups (broad SMARTS) is 1. The van der Waals surface area contributed by atoms with Gasteiger partial charge in [0.05, 0.1) is 19.1 Å². The molecular weight excluding hydrogens is 218 g/mol. The summed E-state index contributed by atoms with van der Waals surface area (Å²) in [5.41, 5.74) is 0.129. The number of piperidine rings is 1. The van der Waals surface area contributed by atoms with Crippen molar-refractivity contribution in [3.8, 4) is 5.75 Å². The highest BCUT2D eigenvalue weighted by Gasteiger charge is 2.14. The van der Waals surface area contributed by atoms with Gasteiger partial charge in [-0.15, -0.1) is 0 Å². The number of benzene rings is 1. The molecule has 0 bridgehead atoms. The molecule has 1 fully saturated rings. The minimum Gasteiger partial charge on any atom is -0.545 e. The second-order valence-corrected chi connectivity index (χ2v) is 4.38. The van der Waals surface area contributed by atoms with Gasteiger partial charge in [0.15, 0.2) is 0 Å². The number of hydrogen-bond acceptors (Lipinski definition) is 3. The number of carbonyl (C=O) groups excluding carboxylic acids is 1. The van der Waals surface area contributed by atoms with Crippen LogP contribution in [0.3, 0.4) is 0 Å². The Hall–Kier alpha value is -1.55. The average molecular weight is 235 g/mol. The van der Waals surface area contributed by atoms with Crippen molar-refractivity contribution < 1.29 is 19.5 Å². The third kappa shape index (κ3) is 3.20. The Morgan fingerprint density at radius 1 is 1.24 bits per heavy atom. The van der Waals surface area contributed by atoms with Crippen LogP contribution in [0.5, 0.6) is 5.75 Å². The molecule has 0 atom stereocenters. The minimum atomic E-state index is -1.19. The lowest BCUT2D eigenvalue weighted by molar-refractivity contribution is -0.920. The second-order valence-electron chi connectivity index (χ2n) is 4.38. The molecule has 0 aliphatic carbocycles. The summed E-state index contributed by atoms with van der Waals surface area (Å²) in [6, 6.07) is 6.63. The van der Waals surface area contributed by atoms with E-state index < -0.39 is 5.97 Å². The zero-order valence-electron chi connectivity index (χ0n) is 9.78. The highest BCUT2D eigenvalue weighted by Crippen LogP contribution is 2.16. The summed E-state index contributed by atoms with van der Waals surface area (Å²) in [7, 11) is 0. The molecule has 1 aromatic carbocycles. The summed E-state index contributed by atoms with van der Waals surface area (Å²) >= 11 is 0. The normalized spacial score (nSPS) is 16.7. The first kappa shape index (κ1) is 11.9. The van der Waals surface area contributed by atoms with Gasteiger partial charge in [-0.1, -0.05) is 12.1 Å². The van der Waals surface area contributed by atoms with E-state index in [9.17, 15) is 9.90 Å². The van der Waals surface area contributed by atoms with Gasteiger partial charge in [0.1, 0.15) is 5.75 Å². The van der Waals surface area contributed by atoms with Crippen LogP contribution in [0.4, 0.5) is 0 Å². The number of para-hydroxylation sites is 1. The number of carboxylic acids is 1. The predicted octanol–water partition coefficient (Wildman–Crippen LogP) is -0.545. The van der Waals surface area contributed by atoms with Gasteiger partial charge < -0.3 is 19.5 Å². The maximum atomic E-state index is 10.9. The van der Waals surface area contributed by atoms with Crippen molar-refractivity contribution in [2.75, 3.05) is 19.8 Å². The lowest BCUT2D eigenvalue weighted by Gasteiger charge is -2.23. The Bertz CT molecular complexity index is 386. The van der Waals surface area contributed by atoms with Crippen molar-refractivity contribution >= 4 is 5.97 Å². The molecule has 0 radical (unpaired) electrons. The first-order valence-corrected chi connectivity index (χ1v) is 6.04. The van der Waals surface area contributed by atoms with Gasteiger partial charge in [-0.2, -0.15) is 0 Å². The predicted molar refractivity (Wildman–Crippen MR) is 60.8 cm³/mol. The maximum Gasteiger partial charge on any atom is 0.222 e. The van der Waals surface area contributed by atoms with Gasteiger partial charge in [-0.25, -0.2) is 0 Å². The molecule has 1 heterocycles. The fourth-order valence-electron chi connectivity index (χ4n) is 2.14. The first-order valence-electron chi connectivity index (χ1n) is 6.04. The lowest BCUT2D eigenvalue weighted by atomic mass is 10.1. The van der Waals surface area contributed by atoms with Gasteiger partial charge in [0.2, 0.25) is 6.73 Å². The van der Waals surface area contributed by atoms with Gasteiger partial charge in [0.25, 0.3) is 0 Å². The molecule has 2 rings (SSSR count). The number of hydrogen-bond donors (Lipinski definition) is 1. The van der Waals surface area contributed by atoms with Crippen molar-refractivity contribution in [3.63, 3.8) is 0 Å². The second kappa shape index (κ2) is 5.68. The molecule has 1 aliphatic rings. The highest BCUT2D eigenvalue weighted by molar-refractivity contribution is 5.89. The van der Waals surface area contributed by atoms with E-state index in [1.807, 2.05) is 0 Å². The van der Waals surface area contributed by atoms with E-state index in [1.165, 1.54) is 30.2 Å². The third-order valence-electron chi connectivity index (χ3n) is 3.10. The molecule has 17 heavy (non-hydrogen) atoms. The summed E-state index contributed by atoms with van der Waals surface area (Å²) in [6.45, 7) is 2.74. The summed E-state index contributed by atoms with van der Waals surface area (Å²) in [4.78, 5) is 12.3. The standard InChI is InChI=1S/C13H17NO3/c15-13(16)11-6-2-3-7-12(11)17-10-14-8-4-1-5-9-14/h2-3,6-7H,1,4-5,8-10H2,(H,15,16). The molecule has 0 amide bonds. The smallest absolute Gasteiger partial charge is 0.222 e. The quantitative estimate of drug-likeness (QED) is 0.762.